The Balaban J connectivity index is 2.61. The normalized spacial score (nSPS) is 16.9. The molecule has 1 rings (SSSR count). The molecule has 0 unspecified atom stereocenters. The van der Waals surface area contributed by atoms with Crippen molar-refractivity contribution in [1.29, 1.82) is 0 Å². The molecular formula is C8H11N3O2. The smallest absolute Gasteiger partial charge is 0.209 e. The lowest BCUT2D eigenvalue weighted by molar-refractivity contribution is 0.168. The average Bonchev–Trinajstić information content (AvgIpc) is 2.19. The van der Waals surface area contributed by atoms with E-state index in [1.54, 1.807) is 0 Å². The zero-order valence-electron chi connectivity index (χ0n) is 7.27. The van der Waals surface area contributed by atoms with Crippen molar-refractivity contribution in [2.45, 2.75) is 38.1 Å². The van der Waals surface area contributed by atoms with Crippen LogP contribution in [0.25, 0.3) is 0 Å². The Hall–Kier alpha value is -1.44. The first-order chi connectivity index (χ1) is 6.38. The minimum Gasteiger partial charge on any atom is -0.209 e. The van der Waals surface area contributed by atoms with Crippen molar-refractivity contribution in [3.63, 3.8) is 0 Å². The summed E-state index contributed by atoms with van der Waals surface area (Å²) in [5, 5.41) is 7.80. The zero-order chi connectivity index (χ0) is 9.52. The van der Waals surface area contributed by atoms with Gasteiger partial charge in [0, 0.05) is 0 Å². The second kappa shape index (κ2) is 5.25. The molecule has 0 radical (unpaired) electrons. The van der Waals surface area contributed by atoms with Crippen LogP contribution in [-0.4, -0.2) is 23.3 Å². The molecule has 0 aromatic heterocycles. The van der Waals surface area contributed by atoms with Crippen LogP contribution in [0.15, 0.2) is 10.2 Å². The van der Waals surface area contributed by atoms with Gasteiger partial charge < -0.3 is 0 Å². The first-order valence-electron chi connectivity index (χ1n) is 4.33. The highest BCUT2D eigenvalue weighted by Crippen LogP contribution is 2.22. The van der Waals surface area contributed by atoms with Gasteiger partial charge in [0.05, 0.1) is 6.04 Å². The number of isocyanates is 2. The molecule has 0 aliphatic heterocycles. The van der Waals surface area contributed by atoms with E-state index in [-0.39, 0.29) is 6.04 Å². The first kappa shape index (κ1) is 9.65. The van der Waals surface area contributed by atoms with Crippen LogP contribution in [0.4, 0.5) is 0 Å². The van der Waals surface area contributed by atoms with Gasteiger partial charge in [-0.15, -0.1) is 0 Å². The van der Waals surface area contributed by atoms with Gasteiger partial charge in [-0.25, -0.2) is 9.59 Å². The first-order valence-corrected chi connectivity index (χ1v) is 4.33. The fourth-order valence-corrected chi connectivity index (χ4v) is 1.58. The minimum atomic E-state index is 0.0663. The number of carbonyl (C=O) groups excluding carboxylic acids is 2. The maximum Gasteiger partial charge on any atom is 0.260 e. The standard InChI is InChI=1S/C8H11N3O2/c12-6-9-11(10-7-13)8-4-2-1-3-5-8/h8H,1-5H2. The lowest BCUT2D eigenvalue weighted by Crippen LogP contribution is -2.28. The molecule has 0 atom stereocenters. The molecule has 0 spiro atoms. The van der Waals surface area contributed by atoms with Gasteiger partial charge in [-0.1, -0.05) is 29.5 Å². The van der Waals surface area contributed by atoms with Crippen LogP contribution >= 0.6 is 0 Å². The summed E-state index contributed by atoms with van der Waals surface area (Å²) < 4.78 is 0. The van der Waals surface area contributed by atoms with E-state index < -0.39 is 0 Å². The van der Waals surface area contributed by atoms with Gasteiger partial charge in [-0.05, 0) is 12.8 Å². The third-order valence-corrected chi connectivity index (χ3v) is 2.19. The maximum atomic E-state index is 10.0. The number of hydrogen-bond donors (Lipinski definition) is 0. The quantitative estimate of drug-likeness (QED) is 0.372. The SMILES string of the molecule is O=C=NN(N=C=O)C1CCCCC1. The van der Waals surface area contributed by atoms with Crippen molar-refractivity contribution in [3.05, 3.63) is 0 Å². The summed E-state index contributed by atoms with van der Waals surface area (Å²) in [6.07, 6.45) is 7.95. The van der Waals surface area contributed by atoms with Crippen molar-refractivity contribution < 1.29 is 9.59 Å². The van der Waals surface area contributed by atoms with Gasteiger partial charge >= 0.3 is 0 Å². The van der Waals surface area contributed by atoms with Gasteiger partial charge in [-0.2, -0.15) is 5.12 Å². The van der Waals surface area contributed by atoms with E-state index in [0.717, 1.165) is 30.8 Å². The van der Waals surface area contributed by atoms with E-state index in [2.05, 4.69) is 10.2 Å². The van der Waals surface area contributed by atoms with E-state index in [1.165, 1.54) is 18.6 Å². The second-order valence-electron chi connectivity index (χ2n) is 2.99. The van der Waals surface area contributed by atoms with E-state index in [1.807, 2.05) is 0 Å². The zero-order valence-corrected chi connectivity index (χ0v) is 7.27. The van der Waals surface area contributed by atoms with Gasteiger partial charge in [0.15, 0.2) is 0 Å². The van der Waals surface area contributed by atoms with Crippen LogP contribution in [0.1, 0.15) is 32.1 Å². The molecule has 5 heteroatoms. The maximum absolute atomic E-state index is 10.0. The van der Waals surface area contributed by atoms with Crippen LogP contribution in [0, 0.1) is 0 Å². The number of hydrazone groups is 2. The molecule has 1 saturated carbocycles. The summed E-state index contributed by atoms with van der Waals surface area (Å²) in [5.41, 5.74) is 0. The Morgan fingerprint density at radius 3 is 2.00 bits per heavy atom. The van der Waals surface area contributed by atoms with Crippen LogP contribution in [0.2, 0.25) is 0 Å². The summed E-state index contributed by atoms with van der Waals surface area (Å²) >= 11 is 0. The summed E-state index contributed by atoms with van der Waals surface area (Å²) in [6, 6.07) is 0.0663. The number of rotatable bonds is 3. The van der Waals surface area contributed by atoms with Crippen LogP contribution in [0.3, 0.4) is 0 Å². The van der Waals surface area contributed by atoms with Crippen molar-refractivity contribution in [2.24, 2.45) is 10.2 Å². The Morgan fingerprint density at radius 2 is 1.54 bits per heavy atom. The van der Waals surface area contributed by atoms with E-state index >= 15 is 0 Å². The largest absolute Gasteiger partial charge is 0.260 e. The molecule has 70 valence electrons. The minimum absolute atomic E-state index is 0.0663. The molecule has 0 aromatic rings. The highest BCUT2D eigenvalue weighted by Gasteiger charge is 2.19. The Labute approximate surface area is 76.1 Å². The molecule has 0 saturated heterocycles. The summed E-state index contributed by atoms with van der Waals surface area (Å²) in [6.45, 7) is 0. The predicted molar refractivity (Wildman–Crippen MR) is 45.0 cm³/mol. The Bertz CT molecular complexity index is 230. The molecule has 0 aromatic carbocycles. The van der Waals surface area contributed by atoms with Crippen LogP contribution < -0.4 is 0 Å². The van der Waals surface area contributed by atoms with Crippen molar-refractivity contribution in [3.8, 4) is 0 Å². The Morgan fingerprint density at radius 1 is 1.00 bits per heavy atom. The summed E-state index contributed by atoms with van der Waals surface area (Å²) in [4.78, 5) is 20.0. The number of hydrogen-bond acceptors (Lipinski definition) is 5. The molecule has 0 bridgehead atoms. The lowest BCUT2D eigenvalue weighted by atomic mass is 9.96. The topological polar surface area (TPSA) is 62.1 Å². The lowest BCUT2D eigenvalue weighted by Gasteiger charge is -2.25. The fraction of sp³-hybridized carbons (Fsp3) is 0.750. The molecule has 1 aliphatic carbocycles. The second-order valence-corrected chi connectivity index (χ2v) is 2.99. The third-order valence-electron chi connectivity index (χ3n) is 2.19. The fourth-order valence-electron chi connectivity index (χ4n) is 1.58. The molecule has 0 amide bonds. The molecule has 0 heterocycles. The van der Waals surface area contributed by atoms with E-state index in [0.29, 0.717) is 0 Å². The Kier molecular flexibility index (Phi) is 3.89. The van der Waals surface area contributed by atoms with Crippen molar-refractivity contribution >= 4 is 12.2 Å². The summed E-state index contributed by atoms with van der Waals surface area (Å²) in [5.74, 6) is 0. The molecule has 1 aliphatic rings. The third kappa shape index (κ3) is 2.82. The van der Waals surface area contributed by atoms with Gasteiger partial charge in [-0.3, -0.25) is 0 Å². The van der Waals surface area contributed by atoms with Crippen LogP contribution in [0.5, 0.6) is 0 Å². The highest BCUT2D eigenvalue weighted by molar-refractivity contribution is 5.34. The van der Waals surface area contributed by atoms with Gasteiger partial charge in [0.1, 0.15) is 0 Å². The monoisotopic (exact) mass is 181 g/mol. The summed E-state index contributed by atoms with van der Waals surface area (Å²) in [7, 11) is 0. The molecule has 5 nitrogen and oxygen atoms in total. The van der Waals surface area contributed by atoms with E-state index in [9.17, 15) is 9.59 Å². The van der Waals surface area contributed by atoms with Crippen LogP contribution in [-0.2, 0) is 9.59 Å². The average molecular weight is 181 g/mol. The van der Waals surface area contributed by atoms with Gasteiger partial charge in [0.2, 0.25) is 0 Å². The van der Waals surface area contributed by atoms with Crippen molar-refractivity contribution in [2.75, 3.05) is 0 Å². The molecule has 1 fully saturated rings. The number of nitrogens with zero attached hydrogens (tertiary/aromatic N) is 3. The molecule has 0 N–H and O–H groups in total. The molecule has 13 heavy (non-hydrogen) atoms. The predicted octanol–water partition coefficient (Wildman–Crippen LogP) is 1.12. The highest BCUT2D eigenvalue weighted by atomic mass is 16.1. The molecular weight excluding hydrogens is 170 g/mol. The van der Waals surface area contributed by atoms with E-state index in [4.69, 9.17) is 0 Å². The van der Waals surface area contributed by atoms with Crippen molar-refractivity contribution in [1.82, 2.24) is 5.12 Å². The van der Waals surface area contributed by atoms with Gasteiger partial charge in [0.25, 0.3) is 12.2 Å².